The van der Waals surface area contributed by atoms with E-state index < -0.39 is 17.7 Å². The van der Waals surface area contributed by atoms with Crippen molar-refractivity contribution in [1.29, 1.82) is 0 Å². The van der Waals surface area contributed by atoms with Gasteiger partial charge in [-0.25, -0.2) is 0 Å². The van der Waals surface area contributed by atoms with Gasteiger partial charge in [0.2, 0.25) is 0 Å². The van der Waals surface area contributed by atoms with Crippen LogP contribution in [-0.4, -0.2) is 39.9 Å². The highest BCUT2D eigenvalue weighted by molar-refractivity contribution is 7.10. The first-order valence-corrected chi connectivity index (χ1v) is 12.3. The summed E-state index contributed by atoms with van der Waals surface area (Å²) in [5.41, 5.74) is 3.63. The highest BCUT2D eigenvalue weighted by Crippen LogP contribution is 2.42. The summed E-state index contributed by atoms with van der Waals surface area (Å²) in [6.45, 7) is 2.20. The number of carbonyl (C=O) groups excluding carboxylic acids is 2. The monoisotopic (exact) mass is 486 g/mol. The Morgan fingerprint density at radius 2 is 1.91 bits per heavy atom. The number of carbonyl (C=O) groups is 2. The van der Waals surface area contributed by atoms with Gasteiger partial charge in [0.25, 0.3) is 11.7 Å². The number of thiophene rings is 1. The van der Waals surface area contributed by atoms with Crippen LogP contribution in [0.1, 0.15) is 27.6 Å². The van der Waals surface area contributed by atoms with E-state index in [0.717, 1.165) is 26.9 Å². The molecule has 0 radical (unpaired) electrons. The molecule has 178 valence electrons. The van der Waals surface area contributed by atoms with Gasteiger partial charge in [0, 0.05) is 41.1 Å². The van der Waals surface area contributed by atoms with Crippen molar-refractivity contribution in [3.8, 4) is 5.75 Å². The number of para-hydroxylation sites is 1. The van der Waals surface area contributed by atoms with Gasteiger partial charge in [-0.05, 0) is 60.2 Å². The lowest BCUT2D eigenvalue weighted by Crippen LogP contribution is -2.31. The van der Waals surface area contributed by atoms with Gasteiger partial charge in [0.1, 0.15) is 11.5 Å². The van der Waals surface area contributed by atoms with Crippen molar-refractivity contribution in [1.82, 2.24) is 9.47 Å². The van der Waals surface area contributed by atoms with Crippen molar-refractivity contribution in [3.63, 3.8) is 0 Å². The number of nitrogens with zero attached hydrogens (tertiary/aromatic N) is 2. The minimum absolute atomic E-state index is 0.128. The van der Waals surface area contributed by atoms with Crippen LogP contribution in [0.4, 0.5) is 0 Å². The second kappa shape index (κ2) is 9.07. The van der Waals surface area contributed by atoms with Crippen LogP contribution < -0.4 is 4.74 Å². The van der Waals surface area contributed by atoms with Crippen molar-refractivity contribution in [2.45, 2.75) is 19.4 Å². The van der Waals surface area contributed by atoms with Gasteiger partial charge in [0.05, 0.1) is 18.7 Å². The highest BCUT2D eigenvalue weighted by Gasteiger charge is 2.46. The number of methoxy groups -OCH3 is 1. The Morgan fingerprint density at radius 1 is 1.11 bits per heavy atom. The zero-order valence-electron chi connectivity index (χ0n) is 19.8. The molecule has 2 aromatic heterocycles. The first-order chi connectivity index (χ1) is 16.9. The van der Waals surface area contributed by atoms with Crippen molar-refractivity contribution in [2.75, 3.05) is 13.7 Å². The summed E-state index contributed by atoms with van der Waals surface area (Å²) in [5.74, 6) is -0.746. The highest BCUT2D eigenvalue weighted by atomic mass is 32.1. The number of benzene rings is 2. The van der Waals surface area contributed by atoms with E-state index in [1.165, 1.54) is 11.3 Å². The molecule has 1 saturated heterocycles. The standard InChI is InChI=1S/C28H26N2O4S/c1-17-15-19(34-3)10-11-20(17)26(31)24-25(23-9-6-14-35-23)30(28(33)27(24)32)13-12-18-16-29(2)22-8-5-4-7-21(18)22/h4-11,14-16,25,31H,12-13H2,1-3H3/b26-24-. The number of likely N-dealkylation sites (tertiary alicyclic amines) is 1. The van der Waals surface area contributed by atoms with E-state index in [1.807, 2.05) is 43.6 Å². The first-order valence-electron chi connectivity index (χ1n) is 11.4. The molecule has 2 aromatic carbocycles. The van der Waals surface area contributed by atoms with E-state index in [1.54, 1.807) is 30.2 Å². The molecule has 0 aliphatic carbocycles. The second-order valence-corrected chi connectivity index (χ2v) is 9.70. The number of amides is 1. The molecule has 7 heteroatoms. The molecule has 0 bridgehead atoms. The molecule has 1 aliphatic heterocycles. The number of aromatic nitrogens is 1. The van der Waals surface area contributed by atoms with Crippen LogP contribution in [0.15, 0.2) is 71.7 Å². The van der Waals surface area contributed by atoms with Crippen LogP contribution in [0.5, 0.6) is 5.75 Å². The Balaban J connectivity index is 1.55. The lowest BCUT2D eigenvalue weighted by Gasteiger charge is -2.24. The zero-order valence-corrected chi connectivity index (χ0v) is 20.6. The number of aliphatic hydroxyl groups is 1. The summed E-state index contributed by atoms with van der Waals surface area (Å²) in [5, 5.41) is 14.4. The van der Waals surface area contributed by atoms with Gasteiger partial charge in [0.15, 0.2) is 0 Å². The van der Waals surface area contributed by atoms with E-state index in [9.17, 15) is 14.7 Å². The van der Waals surface area contributed by atoms with Gasteiger partial charge in [-0.3, -0.25) is 9.59 Å². The van der Waals surface area contributed by atoms with E-state index in [0.29, 0.717) is 24.3 Å². The minimum atomic E-state index is -0.658. The summed E-state index contributed by atoms with van der Waals surface area (Å²) in [6.07, 6.45) is 2.67. The van der Waals surface area contributed by atoms with E-state index in [2.05, 4.69) is 22.9 Å². The Hall–Kier alpha value is -3.84. The summed E-state index contributed by atoms with van der Waals surface area (Å²) in [6, 6.07) is 16.6. The fourth-order valence-electron chi connectivity index (χ4n) is 4.89. The minimum Gasteiger partial charge on any atom is -0.507 e. The van der Waals surface area contributed by atoms with Crippen molar-refractivity contribution < 1.29 is 19.4 Å². The molecule has 1 fully saturated rings. The largest absolute Gasteiger partial charge is 0.507 e. The summed E-state index contributed by atoms with van der Waals surface area (Å²) >= 11 is 1.47. The molecule has 35 heavy (non-hydrogen) atoms. The quantitative estimate of drug-likeness (QED) is 0.230. The molecule has 4 aromatic rings. The van der Waals surface area contributed by atoms with Crippen molar-refractivity contribution in [3.05, 3.63) is 93.3 Å². The lowest BCUT2D eigenvalue weighted by atomic mass is 9.97. The maximum Gasteiger partial charge on any atom is 0.295 e. The average molecular weight is 487 g/mol. The van der Waals surface area contributed by atoms with Crippen LogP contribution in [-0.2, 0) is 23.1 Å². The molecular weight excluding hydrogens is 460 g/mol. The lowest BCUT2D eigenvalue weighted by molar-refractivity contribution is -0.139. The molecule has 6 nitrogen and oxygen atoms in total. The van der Waals surface area contributed by atoms with Gasteiger partial charge < -0.3 is 19.3 Å². The SMILES string of the molecule is COc1ccc(/C(O)=C2/C(=O)C(=O)N(CCc3cn(C)c4ccccc34)C2c2cccs2)c(C)c1. The van der Waals surface area contributed by atoms with Crippen LogP contribution >= 0.6 is 11.3 Å². The topological polar surface area (TPSA) is 71.8 Å². The maximum atomic E-state index is 13.3. The number of fused-ring (bicyclic) bond motifs is 1. The number of aryl methyl sites for hydroxylation is 2. The third-order valence-corrected chi connectivity index (χ3v) is 7.57. The molecule has 1 amide bonds. The Bertz CT molecular complexity index is 1470. The molecule has 3 heterocycles. The molecule has 0 spiro atoms. The third-order valence-electron chi connectivity index (χ3n) is 6.64. The number of ether oxygens (including phenoxy) is 1. The Labute approximate surface area is 207 Å². The number of hydrogen-bond donors (Lipinski definition) is 1. The number of aliphatic hydroxyl groups excluding tert-OH is 1. The maximum absolute atomic E-state index is 13.3. The summed E-state index contributed by atoms with van der Waals surface area (Å²) < 4.78 is 7.34. The van der Waals surface area contributed by atoms with Crippen molar-refractivity contribution >= 4 is 39.7 Å². The molecule has 0 saturated carbocycles. The fraction of sp³-hybridized carbons (Fsp3) is 0.214. The average Bonchev–Trinajstić information content (AvgIpc) is 3.56. The molecular formula is C28H26N2O4S. The number of Topliss-reactive ketones (excluding diaryl/α,β-unsaturated/α-hetero) is 1. The van der Waals surface area contributed by atoms with Crippen LogP contribution in [0.25, 0.3) is 16.7 Å². The number of rotatable bonds is 6. The third kappa shape index (κ3) is 3.91. The first kappa shape index (κ1) is 22.9. The van der Waals surface area contributed by atoms with E-state index in [4.69, 9.17) is 4.74 Å². The smallest absolute Gasteiger partial charge is 0.295 e. The van der Waals surface area contributed by atoms with Crippen LogP contribution in [0, 0.1) is 6.92 Å². The Morgan fingerprint density at radius 3 is 2.63 bits per heavy atom. The Kier molecular flexibility index (Phi) is 5.94. The van der Waals surface area contributed by atoms with Crippen LogP contribution in [0.3, 0.4) is 0 Å². The zero-order chi connectivity index (χ0) is 24.7. The van der Waals surface area contributed by atoms with Gasteiger partial charge in [-0.2, -0.15) is 0 Å². The summed E-state index contributed by atoms with van der Waals surface area (Å²) in [7, 11) is 3.58. The fourth-order valence-corrected chi connectivity index (χ4v) is 5.74. The molecule has 1 unspecified atom stereocenters. The predicted octanol–water partition coefficient (Wildman–Crippen LogP) is 5.22. The van der Waals surface area contributed by atoms with Gasteiger partial charge >= 0.3 is 0 Å². The molecule has 1 atom stereocenters. The van der Waals surface area contributed by atoms with Crippen molar-refractivity contribution in [2.24, 2.45) is 7.05 Å². The number of ketones is 1. The van der Waals surface area contributed by atoms with E-state index >= 15 is 0 Å². The normalized spacial score (nSPS) is 17.5. The molecule has 1 N–H and O–H groups in total. The summed E-state index contributed by atoms with van der Waals surface area (Å²) in [4.78, 5) is 28.9. The van der Waals surface area contributed by atoms with Gasteiger partial charge in [-0.1, -0.05) is 24.3 Å². The molecule has 1 aliphatic rings. The van der Waals surface area contributed by atoms with Gasteiger partial charge in [-0.15, -0.1) is 11.3 Å². The van der Waals surface area contributed by atoms with E-state index in [-0.39, 0.29) is 11.3 Å². The second-order valence-electron chi connectivity index (χ2n) is 8.72. The predicted molar refractivity (Wildman–Crippen MR) is 138 cm³/mol. The molecule has 5 rings (SSSR count). The number of hydrogen-bond acceptors (Lipinski definition) is 5. The van der Waals surface area contributed by atoms with Crippen LogP contribution in [0.2, 0.25) is 0 Å².